The van der Waals surface area contributed by atoms with Gasteiger partial charge in [-0.25, -0.2) is 0 Å². The fourth-order valence-corrected chi connectivity index (χ4v) is 4.01. The van der Waals surface area contributed by atoms with E-state index < -0.39 is 0 Å². The molecule has 1 aliphatic rings. The van der Waals surface area contributed by atoms with Crippen LogP contribution in [0.2, 0.25) is 0 Å². The van der Waals surface area contributed by atoms with Gasteiger partial charge in [0.05, 0.1) is 16.4 Å². The Hall–Kier alpha value is -2.78. The highest BCUT2D eigenvalue weighted by molar-refractivity contribution is 8.03. The summed E-state index contributed by atoms with van der Waals surface area (Å²) in [7, 11) is 2.13. The molecule has 0 unspecified atom stereocenters. The zero-order valence-corrected chi connectivity index (χ0v) is 14.8. The van der Waals surface area contributed by atoms with Gasteiger partial charge in [-0.05, 0) is 35.7 Å². The summed E-state index contributed by atoms with van der Waals surface area (Å²) in [4.78, 5) is 7.98. The summed E-state index contributed by atoms with van der Waals surface area (Å²) in [5.74, 6) is 0. The van der Waals surface area contributed by atoms with Crippen LogP contribution in [0.1, 0.15) is 0 Å². The molecule has 122 valence electrons. The second-order valence-corrected chi connectivity index (χ2v) is 6.86. The van der Waals surface area contributed by atoms with Gasteiger partial charge >= 0.3 is 0 Å². The molecule has 25 heavy (non-hydrogen) atoms. The van der Waals surface area contributed by atoms with Crippen LogP contribution in [0.4, 0.5) is 11.4 Å². The highest BCUT2D eigenvalue weighted by atomic mass is 32.2. The molecule has 0 radical (unpaired) electrons. The van der Waals surface area contributed by atoms with Crippen LogP contribution in [0.25, 0.3) is 10.8 Å². The number of fused-ring (bicyclic) bond motifs is 3. The highest BCUT2D eigenvalue weighted by Gasteiger charge is 2.23. The Morgan fingerprint density at radius 1 is 0.880 bits per heavy atom. The lowest BCUT2D eigenvalue weighted by molar-refractivity contribution is 1.19. The SMILES string of the molecule is CN1/C(=C/C=C/C=Nc2ccccc2)Sc2ccc3ccccc3c21. The normalized spacial score (nSPS) is 15.7. The van der Waals surface area contributed by atoms with Crippen LogP contribution in [0.5, 0.6) is 0 Å². The number of thioether (sulfide) groups is 1. The molecule has 3 aromatic carbocycles. The van der Waals surface area contributed by atoms with Gasteiger partial charge in [-0.1, -0.05) is 66.4 Å². The molecular formula is C22H18N2S. The second kappa shape index (κ2) is 6.99. The molecule has 2 nitrogen and oxygen atoms in total. The van der Waals surface area contributed by atoms with Crippen LogP contribution in [0.3, 0.4) is 0 Å². The summed E-state index contributed by atoms with van der Waals surface area (Å²) in [5, 5.41) is 3.80. The summed E-state index contributed by atoms with van der Waals surface area (Å²) in [5.41, 5.74) is 2.26. The Bertz CT molecular complexity index is 987. The van der Waals surface area contributed by atoms with Crippen molar-refractivity contribution >= 4 is 40.1 Å². The van der Waals surface area contributed by atoms with E-state index in [-0.39, 0.29) is 0 Å². The van der Waals surface area contributed by atoms with Gasteiger partial charge in [0.25, 0.3) is 0 Å². The van der Waals surface area contributed by atoms with Gasteiger partial charge in [0.1, 0.15) is 0 Å². The number of rotatable bonds is 3. The van der Waals surface area contributed by atoms with Crippen molar-refractivity contribution in [3.05, 3.63) is 90.0 Å². The summed E-state index contributed by atoms with van der Waals surface area (Å²) >= 11 is 1.80. The van der Waals surface area contributed by atoms with Gasteiger partial charge in [-0.3, -0.25) is 4.99 Å². The molecule has 0 spiro atoms. The molecule has 0 atom stereocenters. The van der Waals surface area contributed by atoms with Crippen LogP contribution in [0, 0.1) is 0 Å². The van der Waals surface area contributed by atoms with Crippen molar-refractivity contribution in [2.45, 2.75) is 4.90 Å². The Morgan fingerprint density at radius 2 is 1.68 bits per heavy atom. The zero-order chi connectivity index (χ0) is 17.1. The fourth-order valence-electron chi connectivity index (χ4n) is 2.93. The first kappa shape index (κ1) is 15.7. The number of hydrogen-bond acceptors (Lipinski definition) is 3. The number of nitrogens with zero attached hydrogens (tertiary/aromatic N) is 2. The molecule has 1 aliphatic heterocycles. The van der Waals surface area contributed by atoms with Crippen molar-refractivity contribution in [1.29, 1.82) is 0 Å². The number of hydrogen-bond donors (Lipinski definition) is 0. The number of aliphatic imine (C=N–C) groups is 1. The molecule has 0 saturated heterocycles. The van der Waals surface area contributed by atoms with E-state index in [0.717, 1.165) is 5.69 Å². The maximum absolute atomic E-state index is 4.41. The summed E-state index contributed by atoms with van der Waals surface area (Å²) < 4.78 is 0. The van der Waals surface area contributed by atoms with Gasteiger partial charge in [-0.2, -0.15) is 0 Å². The second-order valence-electron chi connectivity index (χ2n) is 5.80. The molecule has 0 bridgehead atoms. The van der Waals surface area contributed by atoms with E-state index in [0.29, 0.717) is 0 Å². The van der Waals surface area contributed by atoms with Crippen molar-refractivity contribution in [1.82, 2.24) is 0 Å². The lowest BCUT2D eigenvalue weighted by atomic mass is 10.1. The average molecular weight is 342 g/mol. The maximum atomic E-state index is 4.41. The Balaban J connectivity index is 1.54. The number of benzene rings is 3. The topological polar surface area (TPSA) is 15.6 Å². The molecule has 3 aromatic rings. The lowest BCUT2D eigenvalue weighted by Crippen LogP contribution is -2.09. The van der Waals surface area contributed by atoms with Crippen LogP contribution >= 0.6 is 11.8 Å². The fraction of sp³-hybridized carbons (Fsp3) is 0.0455. The van der Waals surface area contributed by atoms with E-state index in [1.807, 2.05) is 48.7 Å². The maximum Gasteiger partial charge on any atom is 0.0799 e. The lowest BCUT2D eigenvalue weighted by Gasteiger charge is -2.15. The standard InChI is InChI=1S/C22H18N2S/c1-24-21(13-7-8-16-23-18-10-3-2-4-11-18)25-20-15-14-17-9-5-6-12-19(17)22(20)24/h2-16H,1H3/b8-7+,21-13-,23-16?. The number of para-hydroxylation sites is 1. The van der Waals surface area contributed by atoms with Crippen molar-refractivity contribution < 1.29 is 0 Å². The molecule has 0 saturated carbocycles. The Morgan fingerprint density at radius 3 is 2.56 bits per heavy atom. The largest absolute Gasteiger partial charge is 0.338 e. The molecule has 0 aliphatic carbocycles. The molecule has 0 N–H and O–H groups in total. The van der Waals surface area contributed by atoms with E-state index >= 15 is 0 Å². The minimum atomic E-state index is 0.964. The van der Waals surface area contributed by atoms with Crippen LogP contribution in [-0.2, 0) is 0 Å². The number of anilines is 1. The molecule has 4 rings (SSSR count). The van der Waals surface area contributed by atoms with Crippen molar-refractivity contribution in [3.8, 4) is 0 Å². The first-order valence-corrected chi connectivity index (χ1v) is 9.04. The highest BCUT2D eigenvalue weighted by Crippen LogP contribution is 2.48. The molecule has 0 fully saturated rings. The van der Waals surface area contributed by atoms with Crippen LogP contribution in [0.15, 0.2) is 99.9 Å². The van der Waals surface area contributed by atoms with E-state index in [9.17, 15) is 0 Å². The predicted octanol–water partition coefficient (Wildman–Crippen LogP) is 6.18. The first-order valence-electron chi connectivity index (χ1n) is 8.22. The molecule has 3 heteroatoms. The van der Waals surface area contributed by atoms with E-state index in [2.05, 4.69) is 59.4 Å². The minimum Gasteiger partial charge on any atom is -0.338 e. The zero-order valence-electron chi connectivity index (χ0n) is 14.0. The summed E-state index contributed by atoms with van der Waals surface area (Å²) in [6.45, 7) is 0. The van der Waals surface area contributed by atoms with Crippen LogP contribution < -0.4 is 4.90 Å². The molecule has 1 heterocycles. The third-order valence-corrected chi connectivity index (χ3v) is 5.33. The quantitative estimate of drug-likeness (QED) is 0.528. The van der Waals surface area contributed by atoms with E-state index in [4.69, 9.17) is 0 Å². The van der Waals surface area contributed by atoms with E-state index in [1.54, 1.807) is 11.8 Å². The first-order chi connectivity index (χ1) is 12.3. The third kappa shape index (κ3) is 3.24. The molecule has 0 aromatic heterocycles. The van der Waals surface area contributed by atoms with Gasteiger partial charge in [0.15, 0.2) is 0 Å². The van der Waals surface area contributed by atoms with Crippen molar-refractivity contribution in [2.24, 2.45) is 4.99 Å². The molecular weight excluding hydrogens is 324 g/mol. The third-order valence-electron chi connectivity index (χ3n) is 4.16. The van der Waals surface area contributed by atoms with Gasteiger partial charge < -0.3 is 4.90 Å². The average Bonchev–Trinajstić information content (AvgIpc) is 2.99. The summed E-state index contributed by atoms with van der Waals surface area (Å²) in [6, 6.07) is 22.9. The van der Waals surface area contributed by atoms with E-state index in [1.165, 1.54) is 26.4 Å². The monoisotopic (exact) mass is 342 g/mol. The summed E-state index contributed by atoms with van der Waals surface area (Å²) in [6.07, 6.45) is 7.97. The van der Waals surface area contributed by atoms with Crippen molar-refractivity contribution in [2.75, 3.05) is 11.9 Å². The molecule has 0 amide bonds. The Kier molecular flexibility index (Phi) is 4.40. The predicted molar refractivity (Wildman–Crippen MR) is 110 cm³/mol. The number of allylic oxidation sites excluding steroid dienone is 3. The van der Waals surface area contributed by atoms with Crippen molar-refractivity contribution in [3.63, 3.8) is 0 Å². The van der Waals surface area contributed by atoms with Gasteiger partial charge in [-0.15, -0.1) is 0 Å². The smallest absolute Gasteiger partial charge is 0.0799 e. The van der Waals surface area contributed by atoms with Crippen LogP contribution in [-0.4, -0.2) is 13.3 Å². The Labute approximate surface area is 152 Å². The minimum absolute atomic E-state index is 0.964. The van der Waals surface area contributed by atoms with Gasteiger partial charge in [0.2, 0.25) is 0 Å². The van der Waals surface area contributed by atoms with Gasteiger partial charge in [0, 0.05) is 23.5 Å².